The van der Waals surface area contributed by atoms with E-state index in [2.05, 4.69) is 58.4 Å². The standard InChI is InChI=1S/C22H19BrIN3OS/c1-22(2)9-15-20(16(28)10-22)19(17-7-8-18(23)29-17)14(11-25)21(26)27(15)13-5-3-12(24)4-6-13/h3-8,19H,9-10,26H2,1-2H3. The third-order valence-electron chi connectivity index (χ3n) is 5.34. The van der Waals surface area contributed by atoms with Crippen LogP contribution < -0.4 is 10.6 Å². The molecule has 4 rings (SSSR count). The van der Waals surface area contributed by atoms with Crippen molar-refractivity contribution in [2.24, 2.45) is 11.1 Å². The molecular formula is C22H19BrIN3OS. The number of nitrogens with two attached hydrogens (primary N) is 1. The van der Waals surface area contributed by atoms with Crippen LogP contribution in [0, 0.1) is 20.3 Å². The van der Waals surface area contributed by atoms with Crippen LogP contribution in [0.5, 0.6) is 0 Å². The number of ketones is 1. The SMILES string of the molecule is CC1(C)CC(=O)C2=C(C1)N(c1ccc(I)cc1)C(N)=C(C#N)C2c1ccc(Br)s1. The lowest BCUT2D eigenvalue weighted by atomic mass is 9.69. The summed E-state index contributed by atoms with van der Waals surface area (Å²) in [4.78, 5) is 16.2. The van der Waals surface area contributed by atoms with Crippen molar-refractivity contribution in [3.63, 3.8) is 0 Å². The lowest BCUT2D eigenvalue weighted by molar-refractivity contribution is -0.118. The Kier molecular flexibility index (Phi) is 5.38. The first-order chi connectivity index (χ1) is 13.7. The minimum absolute atomic E-state index is 0.0986. The second-order valence-electron chi connectivity index (χ2n) is 8.10. The van der Waals surface area contributed by atoms with Crippen LogP contribution in [0.1, 0.15) is 37.5 Å². The summed E-state index contributed by atoms with van der Waals surface area (Å²) < 4.78 is 2.08. The Bertz CT molecular complexity index is 1110. The fourth-order valence-electron chi connectivity index (χ4n) is 4.16. The van der Waals surface area contributed by atoms with Gasteiger partial charge in [-0.1, -0.05) is 13.8 Å². The number of anilines is 1. The fraction of sp³-hybridized carbons (Fsp3) is 0.273. The first-order valence-corrected chi connectivity index (χ1v) is 11.9. The van der Waals surface area contributed by atoms with E-state index in [1.807, 2.05) is 41.3 Å². The maximum atomic E-state index is 13.4. The number of carbonyl (C=O) groups is 1. The molecule has 0 saturated heterocycles. The van der Waals surface area contributed by atoms with Crippen LogP contribution in [-0.4, -0.2) is 5.78 Å². The van der Waals surface area contributed by atoms with E-state index >= 15 is 0 Å². The molecule has 0 radical (unpaired) electrons. The summed E-state index contributed by atoms with van der Waals surface area (Å²) >= 11 is 7.31. The molecule has 1 aliphatic heterocycles. The predicted molar refractivity (Wildman–Crippen MR) is 128 cm³/mol. The summed E-state index contributed by atoms with van der Waals surface area (Å²) in [5, 5.41) is 10.0. The van der Waals surface area contributed by atoms with Gasteiger partial charge in [-0.2, -0.15) is 5.26 Å². The van der Waals surface area contributed by atoms with E-state index in [4.69, 9.17) is 5.73 Å². The van der Waals surface area contributed by atoms with Crippen LogP contribution in [-0.2, 0) is 4.79 Å². The molecule has 1 aliphatic carbocycles. The van der Waals surface area contributed by atoms with Crippen LogP contribution in [0.25, 0.3) is 0 Å². The van der Waals surface area contributed by atoms with Gasteiger partial charge in [0.15, 0.2) is 5.78 Å². The monoisotopic (exact) mass is 579 g/mol. The van der Waals surface area contributed by atoms with Gasteiger partial charge in [-0.25, -0.2) is 0 Å². The van der Waals surface area contributed by atoms with E-state index in [0.29, 0.717) is 23.4 Å². The van der Waals surface area contributed by atoms with Gasteiger partial charge in [-0.3, -0.25) is 9.69 Å². The van der Waals surface area contributed by atoms with Crippen molar-refractivity contribution in [2.75, 3.05) is 4.90 Å². The van der Waals surface area contributed by atoms with Gasteiger partial charge in [-0.05, 0) is 86.8 Å². The van der Waals surface area contributed by atoms with Crippen LogP contribution in [0.15, 0.2) is 62.8 Å². The second kappa shape index (κ2) is 7.56. The molecule has 29 heavy (non-hydrogen) atoms. The van der Waals surface area contributed by atoms with Crippen molar-refractivity contribution in [1.29, 1.82) is 5.26 Å². The first kappa shape index (κ1) is 20.6. The number of allylic oxidation sites excluding steroid dienone is 3. The van der Waals surface area contributed by atoms with E-state index in [1.54, 1.807) is 11.3 Å². The smallest absolute Gasteiger partial charge is 0.162 e. The Labute approximate surface area is 196 Å². The number of rotatable bonds is 2. The lowest BCUT2D eigenvalue weighted by Gasteiger charge is -2.43. The van der Waals surface area contributed by atoms with Gasteiger partial charge < -0.3 is 5.73 Å². The van der Waals surface area contributed by atoms with Gasteiger partial charge in [0.1, 0.15) is 5.82 Å². The molecule has 2 heterocycles. The summed E-state index contributed by atoms with van der Waals surface area (Å²) in [5.74, 6) is 0.101. The van der Waals surface area contributed by atoms with E-state index in [0.717, 1.165) is 30.0 Å². The lowest BCUT2D eigenvalue weighted by Crippen LogP contribution is -2.42. The average Bonchev–Trinajstić information content (AvgIpc) is 3.07. The largest absolute Gasteiger partial charge is 0.384 e. The van der Waals surface area contributed by atoms with Crippen molar-refractivity contribution in [3.05, 3.63) is 71.3 Å². The van der Waals surface area contributed by atoms with Crippen LogP contribution in [0.2, 0.25) is 0 Å². The van der Waals surface area contributed by atoms with Gasteiger partial charge in [0.2, 0.25) is 0 Å². The minimum atomic E-state index is -0.407. The van der Waals surface area contributed by atoms with Crippen LogP contribution >= 0.6 is 49.9 Å². The number of thiophene rings is 1. The number of Topliss-reactive ketones (excluding diaryl/α,β-unsaturated/α-hetero) is 1. The van der Waals surface area contributed by atoms with Crippen molar-refractivity contribution >= 4 is 61.3 Å². The average molecular weight is 580 g/mol. The minimum Gasteiger partial charge on any atom is -0.384 e. The van der Waals surface area contributed by atoms with Crippen LogP contribution in [0.3, 0.4) is 0 Å². The fourth-order valence-corrected chi connectivity index (χ4v) is 6.07. The molecule has 2 N–H and O–H groups in total. The zero-order valence-electron chi connectivity index (χ0n) is 16.0. The van der Waals surface area contributed by atoms with E-state index in [1.165, 1.54) is 0 Å². The predicted octanol–water partition coefficient (Wildman–Crippen LogP) is 6.06. The number of nitriles is 1. The molecule has 0 saturated carbocycles. The van der Waals surface area contributed by atoms with Crippen molar-refractivity contribution in [1.82, 2.24) is 0 Å². The molecule has 1 aromatic carbocycles. The highest BCUT2D eigenvalue weighted by Gasteiger charge is 2.45. The molecule has 0 bridgehead atoms. The Morgan fingerprint density at radius 1 is 1.24 bits per heavy atom. The third kappa shape index (κ3) is 3.66. The number of carbonyl (C=O) groups excluding carboxylic acids is 1. The van der Waals surface area contributed by atoms with E-state index < -0.39 is 5.92 Å². The molecule has 0 spiro atoms. The van der Waals surface area contributed by atoms with Crippen LogP contribution in [0.4, 0.5) is 5.69 Å². The molecule has 4 nitrogen and oxygen atoms in total. The number of hydrogen-bond donors (Lipinski definition) is 1. The van der Waals surface area contributed by atoms with Gasteiger partial charge in [0, 0.05) is 31.8 Å². The highest BCUT2D eigenvalue weighted by molar-refractivity contribution is 14.1. The third-order valence-corrected chi connectivity index (χ3v) is 7.75. The van der Waals surface area contributed by atoms with Crippen molar-refractivity contribution < 1.29 is 4.79 Å². The highest BCUT2D eigenvalue weighted by Crippen LogP contribution is 2.51. The summed E-state index contributed by atoms with van der Waals surface area (Å²) in [6, 6.07) is 14.2. The normalized spacial score (nSPS) is 21.3. The highest BCUT2D eigenvalue weighted by atomic mass is 127. The molecule has 1 atom stereocenters. The molecule has 2 aliphatic rings. The molecule has 1 aromatic heterocycles. The zero-order valence-corrected chi connectivity index (χ0v) is 20.6. The number of halogens is 2. The maximum Gasteiger partial charge on any atom is 0.162 e. The molecule has 148 valence electrons. The quantitative estimate of drug-likeness (QED) is 0.439. The summed E-state index contributed by atoms with van der Waals surface area (Å²) in [7, 11) is 0. The van der Waals surface area contributed by atoms with Gasteiger partial charge in [0.05, 0.1) is 21.3 Å². The Morgan fingerprint density at radius 3 is 2.52 bits per heavy atom. The molecule has 0 amide bonds. The topological polar surface area (TPSA) is 70.1 Å². The maximum absolute atomic E-state index is 13.4. The van der Waals surface area contributed by atoms with E-state index in [9.17, 15) is 10.1 Å². The zero-order chi connectivity index (χ0) is 20.9. The molecule has 2 aromatic rings. The summed E-state index contributed by atoms with van der Waals surface area (Å²) in [6.07, 6.45) is 1.19. The van der Waals surface area contributed by atoms with Crippen molar-refractivity contribution in [2.45, 2.75) is 32.6 Å². The molecule has 0 fully saturated rings. The number of benzene rings is 1. The van der Waals surface area contributed by atoms with Gasteiger partial charge in [-0.15, -0.1) is 11.3 Å². The first-order valence-electron chi connectivity index (χ1n) is 9.19. The van der Waals surface area contributed by atoms with Gasteiger partial charge >= 0.3 is 0 Å². The summed E-state index contributed by atoms with van der Waals surface area (Å²) in [6.45, 7) is 4.22. The molecule has 7 heteroatoms. The molecular weight excluding hydrogens is 561 g/mol. The number of hydrogen-bond acceptors (Lipinski definition) is 5. The van der Waals surface area contributed by atoms with Gasteiger partial charge in [0.25, 0.3) is 0 Å². The Morgan fingerprint density at radius 2 is 1.93 bits per heavy atom. The van der Waals surface area contributed by atoms with E-state index in [-0.39, 0.29) is 11.2 Å². The number of nitrogens with zero attached hydrogens (tertiary/aromatic N) is 2. The summed E-state index contributed by atoms with van der Waals surface area (Å²) in [5.41, 5.74) is 9.38. The Hall–Kier alpha value is -1.63. The molecule has 1 unspecified atom stereocenters. The Balaban J connectivity index is 1.99. The second-order valence-corrected chi connectivity index (χ2v) is 11.8. The van der Waals surface area contributed by atoms with Crippen molar-refractivity contribution in [3.8, 4) is 6.07 Å².